The highest BCUT2D eigenvalue weighted by Gasteiger charge is 2.08. The van der Waals surface area contributed by atoms with E-state index < -0.39 is 0 Å². The van der Waals surface area contributed by atoms with Crippen molar-refractivity contribution < 1.29 is 9.47 Å². The number of rotatable bonds is 8. The molecule has 0 fully saturated rings. The van der Waals surface area contributed by atoms with Crippen molar-refractivity contribution in [2.75, 3.05) is 6.61 Å². The van der Waals surface area contributed by atoms with Gasteiger partial charge in [0, 0.05) is 6.42 Å². The molecule has 9 heteroatoms. The fraction of sp³-hybridized carbons (Fsp3) is 0.250. The molecular formula is C20H20Cl2N4O2S. The van der Waals surface area contributed by atoms with Crippen LogP contribution in [0.25, 0.3) is 0 Å². The van der Waals surface area contributed by atoms with Gasteiger partial charge in [-0.05, 0) is 60.6 Å². The van der Waals surface area contributed by atoms with Gasteiger partial charge in [0.15, 0.2) is 17.3 Å². The van der Waals surface area contributed by atoms with Gasteiger partial charge in [0.05, 0.1) is 22.9 Å². The first-order chi connectivity index (χ1) is 14.0. The summed E-state index contributed by atoms with van der Waals surface area (Å²) < 4.78 is 13.7. The van der Waals surface area contributed by atoms with E-state index in [9.17, 15) is 0 Å². The van der Waals surface area contributed by atoms with Crippen LogP contribution in [0.4, 0.5) is 0 Å². The molecule has 6 nitrogen and oxygen atoms in total. The number of aromatic nitrogens is 3. The van der Waals surface area contributed by atoms with Gasteiger partial charge in [0.1, 0.15) is 6.61 Å². The first-order valence-electron chi connectivity index (χ1n) is 9.06. The molecule has 1 N–H and O–H groups in total. The smallest absolute Gasteiger partial charge is 0.216 e. The Morgan fingerprint density at radius 2 is 1.93 bits per heavy atom. The normalized spacial score (nSPS) is 11.2. The van der Waals surface area contributed by atoms with Gasteiger partial charge in [-0.2, -0.15) is 14.9 Å². The SMILES string of the molecule is CCOc1cc(/C=N\n2c(CC)n[nH]c2=S)ccc1OCc1ccc(Cl)c(Cl)c1. The Bertz CT molecular complexity index is 1080. The molecule has 1 heterocycles. The van der Waals surface area contributed by atoms with Crippen LogP contribution in [0, 0.1) is 4.77 Å². The van der Waals surface area contributed by atoms with Crippen LogP contribution < -0.4 is 9.47 Å². The predicted octanol–water partition coefficient (Wildman–Crippen LogP) is 5.67. The van der Waals surface area contributed by atoms with Gasteiger partial charge in [-0.15, -0.1) is 0 Å². The minimum absolute atomic E-state index is 0.342. The Morgan fingerprint density at radius 3 is 2.66 bits per heavy atom. The summed E-state index contributed by atoms with van der Waals surface area (Å²) in [4.78, 5) is 0. The Kier molecular flexibility index (Phi) is 7.30. The molecule has 0 atom stereocenters. The molecule has 0 radical (unpaired) electrons. The predicted molar refractivity (Wildman–Crippen MR) is 118 cm³/mol. The summed E-state index contributed by atoms with van der Waals surface area (Å²) in [5.41, 5.74) is 1.76. The summed E-state index contributed by atoms with van der Waals surface area (Å²) in [7, 11) is 0. The van der Waals surface area contributed by atoms with Crippen molar-refractivity contribution in [3.63, 3.8) is 0 Å². The highest BCUT2D eigenvalue weighted by Crippen LogP contribution is 2.30. The lowest BCUT2D eigenvalue weighted by molar-refractivity contribution is 0.269. The summed E-state index contributed by atoms with van der Waals surface area (Å²) in [6, 6.07) is 11.0. The molecule has 0 aliphatic heterocycles. The summed E-state index contributed by atoms with van der Waals surface area (Å²) in [6.07, 6.45) is 2.42. The third-order valence-corrected chi connectivity index (χ3v) is 5.01. The number of hydrogen-bond acceptors (Lipinski definition) is 5. The van der Waals surface area contributed by atoms with Crippen LogP contribution >= 0.6 is 35.4 Å². The van der Waals surface area contributed by atoms with Crippen molar-refractivity contribution in [1.29, 1.82) is 0 Å². The van der Waals surface area contributed by atoms with Gasteiger partial charge in [-0.25, -0.2) is 0 Å². The maximum atomic E-state index is 6.06. The molecule has 0 aliphatic rings. The Balaban J connectivity index is 1.79. The maximum Gasteiger partial charge on any atom is 0.216 e. The van der Waals surface area contributed by atoms with E-state index in [0.717, 1.165) is 23.4 Å². The molecular weight excluding hydrogens is 431 g/mol. The zero-order valence-corrected chi connectivity index (χ0v) is 18.3. The Hall–Kier alpha value is -2.35. The molecule has 152 valence electrons. The third-order valence-electron chi connectivity index (χ3n) is 4.00. The maximum absolute atomic E-state index is 6.06. The number of halogens is 2. The van der Waals surface area contributed by atoms with E-state index in [2.05, 4.69) is 15.3 Å². The summed E-state index contributed by atoms with van der Waals surface area (Å²) >= 11 is 17.2. The minimum atomic E-state index is 0.342. The van der Waals surface area contributed by atoms with Gasteiger partial charge in [-0.1, -0.05) is 36.2 Å². The van der Waals surface area contributed by atoms with Crippen LogP contribution in [0.5, 0.6) is 11.5 Å². The molecule has 0 saturated heterocycles. The average molecular weight is 451 g/mol. The molecule has 0 bridgehead atoms. The van der Waals surface area contributed by atoms with Gasteiger partial charge in [0.25, 0.3) is 0 Å². The zero-order chi connectivity index (χ0) is 20.8. The van der Waals surface area contributed by atoms with Crippen molar-refractivity contribution >= 4 is 41.6 Å². The highest BCUT2D eigenvalue weighted by atomic mass is 35.5. The van der Waals surface area contributed by atoms with Crippen molar-refractivity contribution in [3.8, 4) is 11.5 Å². The molecule has 29 heavy (non-hydrogen) atoms. The van der Waals surface area contributed by atoms with E-state index in [4.69, 9.17) is 44.9 Å². The number of benzene rings is 2. The molecule has 0 amide bonds. The Morgan fingerprint density at radius 1 is 1.10 bits per heavy atom. The van der Waals surface area contributed by atoms with Crippen LogP contribution in [0.2, 0.25) is 10.0 Å². The van der Waals surface area contributed by atoms with Crippen LogP contribution in [0.1, 0.15) is 30.8 Å². The van der Waals surface area contributed by atoms with Gasteiger partial charge in [0.2, 0.25) is 4.77 Å². The van der Waals surface area contributed by atoms with Crippen molar-refractivity contribution in [1.82, 2.24) is 14.9 Å². The molecule has 1 aromatic heterocycles. The molecule has 3 rings (SSSR count). The van der Waals surface area contributed by atoms with Gasteiger partial charge < -0.3 is 9.47 Å². The fourth-order valence-electron chi connectivity index (χ4n) is 2.58. The highest BCUT2D eigenvalue weighted by molar-refractivity contribution is 7.71. The summed E-state index contributed by atoms with van der Waals surface area (Å²) in [5, 5.41) is 12.3. The van der Waals surface area contributed by atoms with Crippen molar-refractivity contribution in [2.24, 2.45) is 5.10 Å². The Labute approximate surface area is 184 Å². The molecule has 0 saturated carbocycles. The first kappa shape index (κ1) is 21.4. The van der Waals surface area contributed by atoms with E-state index in [0.29, 0.717) is 39.5 Å². The molecule has 0 unspecified atom stereocenters. The topological polar surface area (TPSA) is 64.4 Å². The second-order valence-electron chi connectivity index (χ2n) is 6.03. The number of hydrogen-bond donors (Lipinski definition) is 1. The summed E-state index contributed by atoms with van der Waals surface area (Å²) in [5.74, 6) is 2.02. The largest absolute Gasteiger partial charge is 0.490 e. The molecule has 2 aromatic carbocycles. The lowest BCUT2D eigenvalue weighted by Gasteiger charge is -2.13. The second kappa shape index (κ2) is 9.91. The number of aryl methyl sites for hydroxylation is 1. The molecule has 3 aromatic rings. The standard InChI is InChI=1S/C20H20Cl2N4O2S/c1-3-19-24-25-20(29)26(19)23-11-13-6-8-17(18(10-13)27-4-2)28-12-14-5-7-15(21)16(22)9-14/h5-11H,3-4,12H2,1-2H3,(H,25,29)/b23-11-. The zero-order valence-electron chi connectivity index (χ0n) is 16.0. The van der Waals surface area contributed by atoms with E-state index in [1.165, 1.54) is 0 Å². The second-order valence-corrected chi connectivity index (χ2v) is 7.23. The van der Waals surface area contributed by atoms with Crippen molar-refractivity contribution in [2.45, 2.75) is 26.9 Å². The van der Waals surface area contributed by atoms with Crippen molar-refractivity contribution in [3.05, 3.63) is 68.2 Å². The molecule has 0 aliphatic carbocycles. The molecule has 0 spiro atoms. The number of nitrogens with zero attached hydrogens (tertiary/aromatic N) is 3. The van der Waals surface area contributed by atoms with E-state index >= 15 is 0 Å². The van der Waals surface area contributed by atoms with Crippen LogP contribution in [0.15, 0.2) is 41.5 Å². The van der Waals surface area contributed by atoms with Crippen LogP contribution in [0.3, 0.4) is 0 Å². The van der Waals surface area contributed by atoms with E-state index in [-0.39, 0.29) is 0 Å². The van der Waals surface area contributed by atoms with Gasteiger partial charge in [-0.3, -0.25) is 5.10 Å². The summed E-state index contributed by atoms with van der Waals surface area (Å²) in [6.45, 7) is 4.76. The number of nitrogens with one attached hydrogen (secondary N) is 1. The van der Waals surface area contributed by atoms with E-state index in [1.807, 2.05) is 38.1 Å². The van der Waals surface area contributed by atoms with Gasteiger partial charge >= 0.3 is 0 Å². The number of ether oxygens (including phenoxy) is 2. The fourth-order valence-corrected chi connectivity index (χ4v) is 3.10. The lowest BCUT2D eigenvalue weighted by Crippen LogP contribution is -2.01. The first-order valence-corrected chi connectivity index (χ1v) is 10.2. The lowest BCUT2D eigenvalue weighted by atomic mass is 10.2. The monoisotopic (exact) mass is 450 g/mol. The van der Waals surface area contributed by atoms with Crippen LogP contribution in [-0.2, 0) is 13.0 Å². The van der Waals surface area contributed by atoms with Crippen LogP contribution in [-0.4, -0.2) is 27.7 Å². The quantitative estimate of drug-likeness (QED) is 0.354. The number of aromatic amines is 1. The minimum Gasteiger partial charge on any atom is -0.490 e. The average Bonchev–Trinajstić information content (AvgIpc) is 3.08. The number of H-pyrrole nitrogens is 1. The third kappa shape index (κ3) is 5.38. The van der Waals surface area contributed by atoms with E-state index in [1.54, 1.807) is 23.0 Å².